The Hall–Kier alpha value is -3.93. The number of fused-ring (bicyclic) bond motifs is 1. The molecule has 6 nitrogen and oxygen atoms in total. The third-order valence-electron chi connectivity index (χ3n) is 5.03. The lowest BCUT2D eigenvalue weighted by molar-refractivity contribution is -0.116. The number of nitrogens with zero attached hydrogens (tertiary/aromatic N) is 3. The molecule has 1 heterocycles. The van der Waals surface area contributed by atoms with Crippen LogP contribution in [0.2, 0.25) is 0 Å². The first-order chi connectivity index (χ1) is 15.0. The van der Waals surface area contributed by atoms with Crippen molar-refractivity contribution in [2.24, 2.45) is 0 Å². The molecule has 0 bridgehead atoms. The minimum Gasteiger partial charge on any atom is -0.339 e. The van der Waals surface area contributed by atoms with E-state index in [1.165, 1.54) is 10.9 Å². The highest BCUT2D eigenvalue weighted by atomic mass is 16.2. The largest absolute Gasteiger partial charge is 0.339 e. The predicted molar refractivity (Wildman–Crippen MR) is 125 cm³/mol. The van der Waals surface area contributed by atoms with Gasteiger partial charge >= 0.3 is 0 Å². The van der Waals surface area contributed by atoms with Gasteiger partial charge in [0.1, 0.15) is 6.54 Å². The van der Waals surface area contributed by atoms with Gasteiger partial charge in [-0.25, -0.2) is 4.98 Å². The van der Waals surface area contributed by atoms with E-state index in [1.807, 2.05) is 48.5 Å². The summed E-state index contributed by atoms with van der Waals surface area (Å²) in [6.45, 7) is 4.18. The van der Waals surface area contributed by atoms with Crippen molar-refractivity contribution in [2.45, 2.75) is 26.4 Å². The fourth-order valence-electron chi connectivity index (χ4n) is 3.61. The maximum absolute atomic E-state index is 12.6. The van der Waals surface area contributed by atoms with Gasteiger partial charge in [0.25, 0.3) is 5.56 Å². The molecule has 1 aromatic heterocycles. The van der Waals surface area contributed by atoms with Crippen LogP contribution in [0.4, 0.5) is 17.1 Å². The van der Waals surface area contributed by atoms with E-state index in [4.69, 9.17) is 0 Å². The summed E-state index contributed by atoms with van der Waals surface area (Å²) < 4.78 is 1.32. The second-order valence-electron chi connectivity index (χ2n) is 7.59. The third kappa shape index (κ3) is 4.48. The first-order valence-electron chi connectivity index (χ1n) is 10.2. The monoisotopic (exact) mass is 412 g/mol. The molecule has 0 aliphatic heterocycles. The fourth-order valence-corrected chi connectivity index (χ4v) is 3.61. The molecule has 0 fully saturated rings. The van der Waals surface area contributed by atoms with E-state index in [2.05, 4.69) is 41.2 Å². The Morgan fingerprint density at radius 1 is 0.935 bits per heavy atom. The lowest BCUT2D eigenvalue weighted by Gasteiger charge is -2.29. The minimum atomic E-state index is -0.282. The van der Waals surface area contributed by atoms with Gasteiger partial charge in [-0.15, -0.1) is 0 Å². The maximum atomic E-state index is 12.6. The second kappa shape index (κ2) is 8.83. The van der Waals surface area contributed by atoms with Crippen LogP contribution in [0.25, 0.3) is 10.9 Å². The lowest BCUT2D eigenvalue weighted by atomic mass is 10.2. The van der Waals surface area contributed by atoms with Gasteiger partial charge in [0.15, 0.2) is 0 Å². The number of para-hydroxylation sites is 2. The number of anilines is 3. The van der Waals surface area contributed by atoms with Crippen molar-refractivity contribution in [2.75, 3.05) is 10.2 Å². The molecule has 4 aromatic rings. The molecule has 1 amide bonds. The first kappa shape index (κ1) is 20.3. The number of benzene rings is 3. The van der Waals surface area contributed by atoms with Crippen molar-refractivity contribution in [3.8, 4) is 0 Å². The van der Waals surface area contributed by atoms with Crippen LogP contribution in [0.15, 0.2) is 90.0 Å². The Morgan fingerprint density at radius 2 is 1.58 bits per heavy atom. The summed E-state index contributed by atoms with van der Waals surface area (Å²) in [6, 6.07) is 25.2. The summed E-state index contributed by atoms with van der Waals surface area (Å²) in [5.41, 5.74) is 3.21. The molecule has 0 saturated carbocycles. The van der Waals surface area contributed by atoms with Crippen molar-refractivity contribution in [3.63, 3.8) is 0 Å². The normalized spacial score (nSPS) is 10.9. The predicted octanol–water partition coefficient (Wildman–Crippen LogP) is 4.58. The van der Waals surface area contributed by atoms with Crippen molar-refractivity contribution in [1.82, 2.24) is 9.55 Å². The summed E-state index contributed by atoms with van der Waals surface area (Å²) in [4.78, 5) is 31.6. The van der Waals surface area contributed by atoms with E-state index in [-0.39, 0.29) is 24.1 Å². The zero-order valence-electron chi connectivity index (χ0n) is 17.5. The van der Waals surface area contributed by atoms with Crippen LogP contribution in [-0.2, 0) is 11.3 Å². The number of amides is 1. The van der Waals surface area contributed by atoms with E-state index in [1.54, 1.807) is 18.2 Å². The van der Waals surface area contributed by atoms with Gasteiger partial charge in [0.2, 0.25) is 5.91 Å². The van der Waals surface area contributed by atoms with Gasteiger partial charge in [0.05, 0.1) is 17.2 Å². The Bertz CT molecular complexity index is 1250. The highest BCUT2D eigenvalue weighted by molar-refractivity contribution is 5.91. The van der Waals surface area contributed by atoms with Crippen molar-refractivity contribution in [3.05, 3.63) is 95.5 Å². The van der Waals surface area contributed by atoms with E-state index >= 15 is 0 Å². The highest BCUT2D eigenvalue weighted by Gasteiger charge is 2.13. The molecule has 6 heteroatoms. The first-order valence-corrected chi connectivity index (χ1v) is 10.2. The Balaban J connectivity index is 1.48. The molecule has 0 spiro atoms. The molecule has 3 aromatic carbocycles. The third-order valence-corrected chi connectivity index (χ3v) is 5.03. The average molecular weight is 412 g/mol. The molecule has 0 aliphatic rings. The Morgan fingerprint density at radius 3 is 2.29 bits per heavy atom. The number of carbonyl (C=O) groups excluding carboxylic acids is 1. The minimum absolute atomic E-state index is 0.0967. The zero-order chi connectivity index (χ0) is 21.8. The molecule has 1 N–H and O–H groups in total. The van der Waals surface area contributed by atoms with Crippen LogP contribution in [0.1, 0.15) is 13.8 Å². The second-order valence-corrected chi connectivity index (χ2v) is 7.59. The van der Waals surface area contributed by atoms with Crippen molar-refractivity contribution < 1.29 is 4.79 Å². The molecule has 31 heavy (non-hydrogen) atoms. The summed E-state index contributed by atoms with van der Waals surface area (Å²) in [5.74, 6) is -0.282. The molecular formula is C25H24N4O2. The van der Waals surface area contributed by atoms with Gasteiger partial charge in [-0.3, -0.25) is 14.2 Å². The van der Waals surface area contributed by atoms with Gasteiger partial charge in [-0.05, 0) is 62.4 Å². The molecule has 0 radical (unpaired) electrons. The van der Waals surface area contributed by atoms with Gasteiger partial charge in [-0.1, -0.05) is 30.3 Å². The molecule has 156 valence electrons. The van der Waals surface area contributed by atoms with Crippen LogP contribution in [0.3, 0.4) is 0 Å². The van der Waals surface area contributed by atoms with E-state index in [0.717, 1.165) is 11.4 Å². The average Bonchev–Trinajstić information content (AvgIpc) is 2.78. The quantitative estimate of drug-likeness (QED) is 0.503. The number of hydrogen-bond acceptors (Lipinski definition) is 4. The number of carbonyl (C=O) groups is 1. The van der Waals surface area contributed by atoms with E-state index in [9.17, 15) is 9.59 Å². The smallest absolute Gasteiger partial charge is 0.261 e. The summed E-state index contributed by atoms with van der Waals surface area (Å²) in [5, 5.41) is 3.35. The van der Waals surface area contributed by atoms with Crippen molar-refractivity contribution in [1.29, 1.82) is 0 Å². The van der Waals surface area contributed by atoms with E-state index < -0.39 is 0 Å². The van der Waals surface area contributed by atoms with Gasteiger partial charge in [0, 0.05) is 23.1 Å². The topological polar surface area (TPSA) is 67.2 Å². The van der Waals surface area contributed by atoms with Gasteiger partial charge in [-0.2, -0.15) is 0 Å². The number of hydrogen-bond donors (Lipinski definition) is 1. The number of rotatable bonds is 6. The molecule has 4 rings (SSSR count). The molecular weight excluding hydrogens is 388 g/mol. The van der Waals surface area contributed by atoms with Crippen LogP contribution in [0.5, 0.6) is 0 Å². The Labute approximate surface area is 180 Å². The SMILES string of the molecule is CC(C)N(c1ccccc1)c1ccc(NC(=O)Cn2cnc3ccccc3c2=O)cc1. The van der Waals surface area contributed by atoms with Crippen LogP contribution >= 0.6 is 0 Å². The molecule has 0 aliphatic carbocycles. The number of aromatic nitrogens is 2. The lowest BCUT2D eigenvalue weighted by Crippen LogP contribution is -2.28. The number of nitrogens with one attached hydrogen (secondary N) is 1. The van der Waals surface area contributed by atoms with Crippen molar-refractivity contribution >= 4 is 33.9 Å². The van der Waals surface area contributed by atoms with Crippen LogP contribution in [-0.4, -0.2) is 21.5 Å². The highest BCUT2D eigenvalue weighted by Crippen LogP contribution is 2.28. The Kier molecular flexibility index (Phi) is 5.80. The summed E-state index contributed by atoms with van der Waals surface area (Å²) in [7, 11) is 0. The van der Waals surface area contributed by atoms with Crippen LogP contribution < -0.4 is 15.8 Å². The van der Waals surface area contributed by atoms with Gasteiger partial charge < -0.3 is 10.2 Å². The standard InChI is InChI=1S/C25H24N4O2/c1-18(2)29(20-8-4-3-5-9-20)21-14-12-19(13-15-21)27-24(30)16-28-17-26-23-11-7-6-10-22(23)25(28)31/h3-15,17-18H,16H2,1-2H3,(H,27,30). The maximum Gasteiger partial charge on any atom is 0.261 e. The summed E-state index contributed by atoms with van der Waals surface area (Å²) in [6.07, 6.45) is 1.41. The molecule has 0 saturated heterocycles. The molecule has 0 unspecified atom stereocenters. The fraction of sp³-hybridized carbons (Fsp3) is 0.160. The van der Waals surface area contributed by atoms with Crippen LogP contribution in [0, 0.1) is 0 Å². The summed E-state index contributed by atoms with van der Waals surface area (Å²) >= 11 is 0. The zero-order valence-corrected chi connectivity index (χ0v) is 17.5. The molecule has 0 atom stereocenters. The van der Waals surface area contributed by atoms with E-state index in [0.29, 0.717) is 16.6 Å².